The molecule has 2 aromatic heterocycles. The first-order valence-corrected chi connectivity index (χ1v) is 5.67. The number of nitrogens with zero attached hydrogens (tertiary/aromatic N) is 2. The van der Waals surface area contributed by atoms with E-state index in [1.807, 2.05) is 36.4 Å². The lowest BCUT2D eigenvalue weighted by molar-refractivity contribution is 1.33. The Kier molecular flexibility index (Phi) is 2.50. The molecule has 0 radical (unpaired) electrons. The van der Waals surface area contributed by atoms with Gasteiger partial charge in [0.2, 0.25) is 0 Å². The second-order valence-corrected chi connectivity index (χ2v) is 4.17. The van der Waals surface area contributed by atoms with Crippen LogP contribution < -0.4 is 0 Å². The average molecular weight is 241 g/mol. The molecule has 2 nitrogen and oxygen atoms in total. The second kappa shape index (κ2) is 4.15. The fourth-order valence-corrected chi connectivity index (χ4v) is 2.13. The molecule has 2 heterocycles. The molecule has 3 rings (SSSR count). The fourth-order valence-electron chi connectivity index (χ4n) is 1.85. The molecule has 0 spiro atoms. The summed E-state index contributed by atoms with van der Waals surface area (Å²) < 4.78 is 0. The smallest absolute Gasteiger partial charge is 0.0723 e. The highest BCUT2D eigenvalue weighted by molar-refractivity contribution is 6.35. The lowest BCUT2D eigenvalue weighted by Crippen LogP contribution is -1.83. The zero-order valence-electron chi connectivity index (χ0n) is 8.97. The number of rotatable bonds is 1. The molecule has 0 amide bonds. The SMILES string of the molecule is Clc1cc(-c2ccncc2)cc2ncccc12. The van der Waals surface area contributed by atoms with E-state index in [9.17, 15) is 0 Å². The van der Waals surface area contributed by atoms with E-state index in [1.165, 1.54) is 0 Å². The van der Waals surface area contributed by atoms with Gasteiger partial charge in [0.1, 0.15) is 0 Å². The highest BCUT2D eigenvalue weighted by atomic mass is 35.5. The van der Waals surface area contributed by atoms with E-state index in [0.29, 0.717) is 0 Å². The monoisotopic (exact) mass is 240 g/mol. The van der Waals surface area contributed by atoms with E-state index in [4.69, 9.17) is 11.6 Å². The van der Waals surface area contributed by atoms with Crippen molar-refractivity contribution in [1.82, 2.24) is 9.97 Å². The normalized spacial score (nSPS) is 10.6. The van der Waals surface area contributed by atoms with Crippen molar-refractivity contribution in [1.29, 1.82) is 0 Å². The molecule has 0 aliphatic rings. The summed E-state index contributed by atoms with van der Waals surface area (Å²) in [5.41, 5.74) is 3.06. The van der Waals surface area contributed by atoms with Crippen LogP contribution in [0.5, 0.6) is 0 Å². The first-order chi connectivity index (χ1) is 8.34. The molecule has 0 unspecified atom stereocenters. The summed E-state index contributed by atoms with van der Waals surface area (Å²) in [4.78, 5) is 8.34. The first-order valence-electron chi connectivity index (χ1n) is 5.29. The molecule has 3 aromatic rings. The van der Waals surface area contributed by atoms with Gasteiger partial charge in [-0.2, -0.15) is 0 Å². The lowest BCUT2D eigenvalue weighted by Gasteiger charge is -2.05. The average Bonchev–Trinajstić information content (AvgIpc) is 2.40. The number of halogens is 1. The largest absolute Gasteiger partial charge is 0.265 e. The van der Waals surface area contributed by atoms with Gasteiger partial charge in [-0.1, -0.05) is 11.6 Å². The van der Waals surface area contributed by atoms with Gasteiger partial charge in [-0.15, -0.1) is 0 Å². The van der Waals surface area contributed by atoms with Crippen molar-refractivity contribution in [3.8, 4) is 11.1 Å². The van der Waals surface area contributed by atoms with Crippen molar-refractivity contribution < 1.29 is 0 Å². The zero-order chi connectivity index (χ0) is 11.7. The summed E-state index contributed by atoms with van der Waals surface area (Å²) in [6.45, 7) is 0. The Balaban J connectivity index is 2.26. The maximum atomic E-state index is 6.26. The molecule has 0 fully saturated rings. The van der Waals surface area contributed by atoms with E-state index in [1.54, 1.807) is 18.6 Å². The number of benzene rings is 1. The van der Waals surface area contributed by atoms with Crippen LogP contribution in [-0.4, -0.2) is 9.97 Å². The third kappa shape index (κ3) is 1.87. The number of hydrogen-bond acceptors (Lipinski definition) is 2. The number of fused-ring (bicyclic) bond motifs is 1. The van der Waals surface area contributed by atoms with Gasteiger partial charge >= 0.3 is 0 Å². The van der Waals surface area contributed by atoms with Crippen molar-refractivity contribution in [2.24, 2.45) is 0 Å². The van der Waals surface area contributed by atoms with E-state index in [-0.39, 0.29) is 0 Å². The van der Waals surface area contributed by atoms with Crippen LogP contribution in [-0.2, 0) is 0 Å². The summed E-state index contributed by atoms with van der Waals surface area (Å²) in [5, 5.41) is 1.70. The zero-order valence-corrected chi connectivity index (χ0v) is 9.72. The third-order valence-corrected chi connectivity index (χ3v) is 3.00. The minimum Gasteiger partial charge on any atom is -0.265 e. The maximum Gasteiger partial charge on any atom is 0.0723 e. The first kappa shape index (κ1) is 10.2. The van der Waals surface area contributed by atoms with Gasteiger partial charge in [0.05, 0.1) is 10.5 Å². The van der Waals surface area contributed by atoms with Gasteiger partial charge < -0.3 is 0 Å². The van der Waals surface area contributed by atoms with E-state index in [2.05, 4.69) is 9.97 Å². The van der Waals surface area contributed by atoms with Crippen LogP contribution in [0.3, 0.4) is 0 Å². The number of pyridine rings is 2. The van der Waals surface area contributed by atoms with Crippen LogP contribution in [0.1, 0.15) is 0 Å². The molecular formula is C14H9ClN2. The van der Waals surface area contributed by atoms with Gasteiger partial charge in [0.15, 0.2) is 0 Å². The van der Waals surface area contributed by atoms with E-state index >= 15 is 0 Å². The Bertz CT molecular complexity index is 665. The molecule has 3 heteroatoms. The number of hydrogen-bond donors (Lipinski definition) is 0. The Labute approximate surface area is 104 Å². The second-order valence-electron chi connectivity index (χ2n) is 3.76. The van der Waals surface area contributed by atoms with Crippen LogP contribution in [0.2, 0.25) is 5.02 Å². The molecule has 17 heavy (non-hydrogen) atoms. The van der Waals surface area contributed by atoms with Crippen LogP contribution >= 0.6 is 11.6 Å². The molecule has 0 atom stereocenters. The Morgan fingerprint density at radius 2 is 1.71 bits per heavy atom. The lowest BCUT2D eigenvalue weighted by atomic mass is 10.0. The highest BCUT2D eigenvalue weighted by Crippen LogP contribution is 2.29. The summed E-state index contributed by atoms with van der Waals surface area (Å²) >= 11 is 6.26. The molecule has 82 valence electrons. The Hall–Kier alpha value is -1.93. The number of aromatic nitrogens is 2. The third-order valence-electron chi connectivity index (χ3n) is 2.68. The predicted octanol–water partition coefficient (Wildman–Crippen LogP) is 3.95. The maximum absolute atomic E-state index is 6.26. The van der Waals surface area contributed by atoms with Crippen molar-refractivity contribution in [2.45, 2.75) is 0 Å². The van der Waals surface area contributed by atoms with E-state index in [0.717, 1.165) is 27.1 Å². The Morgan fingerprint density at radius 1 is 0.882 bits per heavy atom. The molecule has 0 saturated carbocycles. The summed E-state index contributed by atoms with van der Waals surface area (Å²) in [5.74, 6) is 0. The molecule has 1 aromatic carbocycles. The summed E-state index contributed by atoms with van der Waals surface area (Å²) in [6, 6.07) is 11.8. The predicted molar refractivity (Wildman–Crippen MR) is 70.0 cm³/mol. The van der Waals surface area contributed by atoms with Crippen molar-refractivity contribution in [2.75, 3.05) is 0 Å². The van der Waals surface area contributed by atoms with Crippen molar-refractivity contribution >= 4 is 22.5 Å². The molecule has 0 saturated heterocycles. The molecule has 0 bridgehead atoms. The molecule has 0 N–H and O–H groups in total. The van der Waals surface area contributed by atoms with Gasteiger partial charge in [-0.25, -0.2) is 0 Å². The van der Waals surface area contributed by atoms with Crippen LogP contribution in [0.4, 0.5) is 0 Å². The molecule has 0 aliphatic heterocycles. The van der Waals surface area contributed by atoms with E-state index < -0.39 is 0 Å². The van der Waals surface area contributed by atoms with Gasteiger partial charge in [-0.3, -0.25) is 9.97 Å². The van der Waals surface area contributed by atoms with Crippen LogP contribution in [0, 0.1) is 0 Å². The summed E-state index contributed by atoms with van der Waals surface area (Å²) in [7, 11) is 0. The molecular weight excluding hydrogens is 232 g/mol. The van der Waals surface area contributed by atoms with Crippen molar-refractivity contribution in [3.63, 3.8) is 0 Å². The van der Waals surface area contributed by atoms with Crippen LogP contribution in [0.15, 0.2) is 55.0 Å². The quantitative estimate of drug-likeness (QED) is 0.644. The fraction of sp³-hybridized carbons (Fsp3) is 0. The van der Waals surface area contributed by atoms with Gasteiger partial charge in [0, 0.05) is 24.0 Å². The van der Waals surface area contributed by atoms with Gasteiger partial charge in [0.25, 0.3) is 0 Å². The molecule has 0 aliphatic carbocycles. The Morgan fingerprint density at radius 3 is 2.53 bits per heavy atom. The topological polar surface area (TPSA) is 25.8 Å². The van der Waals surface area contributed by atoms with Gasteiger partial charge in [-0.05, 0) is 47.5 Å². The minimum absolute atomic E-state index is 0.724. The standard InChI is InChI=1S/C14H9ClN2/c15-13-8-11(10-3-6-16-7-4-10)9-14-12(13)2-1-5-17-14/h1-9H. The minimum atomic E-state index is 0.724. The van der Waals surface area contributed by atoms with Crippen LogP contribution in [0.25, 0.3) is 22.0 Å². The highest BCUT2D eigenvalue weighted by Gasteiger charge is 2.04. The van der Waals surface area contributed by atoms with Crippen molar-refractivity contribution in [3.05, 3.63) is 60.0 Å². The summed E-state index contributed by atoms with van der Waals surface area (Å²) in [6.07, 6.45) is 5.31.